The lowest BCUT2D eigenvalue weighted by atomic mass is 10.1. The minimum Gasteiger partial charge on any atom is -0.462 e. The predicted molar refractivity (Wildman–Crippen MR) is 57.9 cm³/mol. The van der Waals surface area contributed by atoms with E-state index in [1.165, 1.54) is 0 Å². The molecule has 3 nitrogen and oxygen atoms in total. The summed E-state index contributed by atoms with van der Waals surface area (Å²) in [6, 6.07) is 0. The molecule has 88 valence electrons. The zero-order valence-electron chi connectivity index (χ0n) is 8.14. The normalized spacial score (nSPS) is 10.6. The molecule has 16 heavy (non-hydrogen) atoms. The van der Waals surface area contributed by atoms with Crippen molar-refractivity contribution < 1.29 is 18.3 Å². The Labute approximate surface area is 104 Å². The Kier molecular flexibility index (Phi) is 4.61. The average molecular weight is 315 g/mol. The molecule has 0 N–H and O–H groups in total. The van der Waals surface area contributed by atoms with Gasteiger partial charge in [-0.2, -0.15) is 0 Å². The van der Waals surface area contributed by atoms with Crippen LogP contribution in [-0.2, 0) is 4.74 Å². The molecule has 0 amide bonds. The van der Waals surface area contributed by atoms with E-state index in [-0.39, 0.29) is 16.2 Å². The lowest BCUT2D eigenvalue weighted by molar-refractivity contribution is 0.0514. The van der Waals surface area contributed by atoms with Gasteiger partial charge >= 0.3 is 5.97 Å². The van der Waals surface area contributed by atoms with Crippen molar-refractivity contribution in [3.8, 4) is 0 Å². The molecule has 1 heterocycles. The second-order valence-corrected chi connectivity index (χ2v) is 3.92. The number of carbonyl (C=O) groups is 1. The molecule has 0 saturated carbocycles. The van der Waals surface area contributed by atoms with Crippen LogP contribution >= 0.6 is 27.5 Å². The van der Waals surface area contributed by atoms with E-state index in [0.717, 1.165) is 6.20 Å². The van der Waals surface area contributed by atoms with E-state index >= 15 is 0 Å². The van der Waals surface area contributed by atoms with Crippen LogP contribution in [0.1, 0.15) is 29.3 Å². The zero-order chi connectivity index (χ0) is 12.3. The highest BCUT2D eigenvalue weighted by atomic mass is 79.9. The topological polar surface area (TPSA) is 39.2 Å². The van der Waals surface area contributed by atoms with Crippen LogP contribution in [0.4, 0.5) is 8.78 Å². The van der Waals surface area contributed by atoms with Gasteiger partial charge in [0.25, 0.3) is 6.43 Å². The van der Waals surface area contributed by atoms with E-state index in [4.69, 9.17) is 11.6 Å². The van der Waals surface area contributed by atoms with Gasteiger partial charge in [-0.15, -0.1) is 0 Å². The summed E-state index contributed by atoms with van der Waals surface area (Å²) < 4.78 is 30.1. The van der Waals surface area contributed by atoms with E-state index in [9.17, 15) is 13.6 Å². The van der Waals surface area contributed by atoms with Gasteiger partial charge in [0.2, 0.25) is 0 Å². The minimum absolute atomic E-state index is 0.0231. The number of halogens is 4. The largest absolute Gasteiger partial charge is 0.462 e. The van der Waals surface area contributed by atoms with Gasteiger partial charge in [0.1, 0.15) is 10.7 Å². The molecule has 0 saturated heterocycles. The number of hydrogen-bond acceptors (Lipinski definition) is 3. The molecule has 1 aromatic rings. The molecule has 0 aliphatic heterocycles. The van der Waals surface area contributed by atoms with Crippen LogP contribution in [0, 0.1) is 0 Å². The van der Waals surface area contributed by atoms with E-state index in [0.29, 0.717) is 0 Å². The van der Waals surface area contributed by atoms with Crippen LogP contribution in [-0.4, -0.2) is 17.6 Å². The fourth-order valence-corrected chi connectivity index (χ4v) is 1.79. The maximum Gasteiger partial charge on any atom is 0.341 e. The smallest absolute Gasteiger partial charge is 0.341 e. The Hall–Kier alpha value is -0.750. The number of ether oxygens (including phenoxy) is 1. The Bertz CT molecular complexity index is 415. The van der Waals surface area contributed by atoms with E-state index in [2.05, 4.69) is 25.7 Å². The van der Waals surface area contributed by atoms with Gasteiger partial charge < -0.3 is 4.74 Å². The molecule has 7 heteroatoms. The third-order valence-electron chi connectivity index (χ3n) is 1.72. The number of pyridine rings is 1. The SMILES string of the molecule is CCOC(=O)c1c(Cl)ncc(Br)c1C(F)F. The highest BCUT2D eigenvalue weighted by Crippen LogP contribution is 2.33. The first kappa shape index (κ1) is 13.3. The molecule has 0 unspecified atom stereocenters. The third-order valence-corrected chi connectivity index (χ3v) is 2.64. The van der Waals surface area contributed by atoms with Gasteiger partial charge in [-0.25, -0.2) is 18.6 Å². The second kappa shape index (κ2) is 5.54. The Morgan fingerprint density at radius 1 is 1.69 bits per heavy atom. The Morgan fingerprint density at radius 3 is 2.81 bits per heavy atom. The van der Waals surface area contributed by atoms with Gasteiger partial charge in [0.15, 0.2) is 0 Å². The van der Waals surface area contributed by atoms with Crippen molar-refractivity contribution in [1.82, 2.24) is 4.98 Å². The first-order chi connectivity index (χ1) is 7.49. The molecule has 0 aromatic carbocycles. The van der Waals surface area contributed by atoms with Crippen molar-refractivity contribution in [2.45, 2.75) is 13.3 Å². The van der Waals surface area contributed by atoms with Crippen molar-refractivity contribution in [3.05, 3.63) is 26.9 Å². The summed E-state index contributed by atoms with van der Waals surface area (Å²) in [7, 11) is 0. The maximum absolute atomic E-state index is 12.7. The first-order valence-electron chi connectivity index (χ1n) is 4.28. The molecule has 1 rings (SSSR count). The number of rotatable bonds is 3. The van der Waals surface area contributed by atoms with E-state index in [1.807, 2.05) is 0 Å². The van der Waals surface area contributed by atoms with Crippen molar-refractivity contribution in [3.63, 3.8) is 0 Å². The fourth-order valence-electron chi connectivity index (χ4n) is 1.09. The van der Waals surface area contributed by atoms with Gasteiger partial charge in [-0.1, -0.05) is 11.6 Å². The lowest BCUT2D eigenvalue weighted by Crippen LogP contribution is -2.11. The lowest BCUT2D eigenvalue weighted by Gasteiger charge is -2.10. The van der Waals surface area contributed by atoms with Gasteiger partial charge in [-0.3, -0.25) is 0 Å². The summed E-state index contributed by atoms with van der Waals surface area (Å²) in [5, 5.41) is -0.294. The van der Waals surface area contributed by atoms with Crippen LogP contribution in [0.25, 0.3) is 0 Å². The van der Waals surface area contributed by atoms with E-state index in [1.54, 1.807) is 6.92 Å². The predicted octanol–water partition coefficient (Wildman–Crippen LogP) is 3.61. The van der Waals surface area contributed by atoms with Crippen LogP contribution in [0.5, 0.6) is 0 Å². The molecule has 0 atom stereocenters. The number of esters is 1. The summed E-state index contributed by atoms with van der Waals surface area (Å²) in [5.41, 5.74) is -0.897. The van der Waals surface area contributed by atoms with E-state index < -0.39 is 23.5 Å². The molecule has 0 aliphatic rings. The molecule has 0 spiro atoms. The Morgan fingerprint density at radius 2 is 2.31 bits per heavy atom. The molecule has 0 aliphatic carbocycles. The minimum atomic E-state index is -2.84. The fraction of sp³-hybridized carbons (Fsp3) is 0.333. The van der Waals surface area contributed by atoms with Crippen LogP contribution in [0.2, 0.25) is 5.15 Å². The van der Waals surface area contributed by atoms with Crippen LogP contribution in [0.15, 0.2) is 10.7 Å². The van der Waals surface area contributed by atoms with Gasteiger partial charge in [-0.05, 0) is 22.9 Å². The maximum atomic E-state index is 12.7. The molecule has 0 fully saturated rings. The van der Waals surface area contributed by atoms with Gasteiger partial charge in [0, 0.05) is 10.7 Å². The zero-order valence-corrected chi connectivity index (χ0v) is 10.5. The third kappa shape index (κ3) is 2.68. The monoisotopic (exact) mass is 313 g/mol. The summed E-state index contributed by atoms with van der Waals surface area (Å²) in [4.78, 5) is 15.1. The molecule has 0 bridgehead atoms. The Balaban J connectivity index is 3.34. The second-order valence-electron chi connectivity index (χ2n) is 2.71. The summed E-state index contributed by atoms with van der Waals surface area (Å²) >= 11 is 8.50. The summed E-state index contributed by atoms with van der Waals surface area (Å²) in [6.07, 6.45) is -1.72. The van der Waals surface area contributed by atoms with Crippen molar-refractivity contribution >= 4 is 33.5 Å². The van der Waals surface area contributed by atoms with Crippen molar-refractivity contribution in [2.24, 2.45) is 0 Å². The first-order valence-corrected chi connectivity index (χ1v) is 5.45. The van der Waals surface area contributed by atoms with Crippen molar-refractivity contribution in [1.29, 1.82) is 0 Å². The standard InChI is InChI=1S/C9H7BrClF2NO2/c1-2-16-9(15)6-5(8(12)13)4(10)3-14-7(6)11/h3,8H,2H2,1H3. The van der Waals surface area contributed by atoms with Crippen molar-refractivity contribution in [2.75, 3.05) is 6.61 Å². The van der Waals surface area contributed by atoms with Crippen LogP contribution in [0.3, 0.4) is 0 Å². The molecular formula is C9H7BrClF2NO2. The number of hydrogen-bond donors (Lipinski definition) is 0. The summed E-state index contributed by atoms with van der Waals surface area (Å²) in [6.45, 7) is 1.64. The molecule has 0 radical (unpaired) electrons. The highest BCUT2D eigenvalue weighted by Gasteiger charge is 2.26. The highest BCUT2D eigenvalue weighted by molar-refractivity contribution is 9.10. The molecular weight excluding hydrogens is 307 g/mol. The number of carbonyl (C=O) groups excluding carboxylic acids is 1. The molecule has 1 aromatic heterocycles. The number of aromatic nitrogens is 1. The number of nitrogens with zero attached hydrogens (tertiary/aromatic N) is 1. The average Bonchev–Trinajstić information content (AvgIpc) is 2.20. The van der Waals surface area contributed by atoms with Crippen LogP contribution < -0.4 is 0 Å². The summed E-state index contributed by atoms with van der Waals surface area (Å²) in [5.74, 6) is -0.906. The number of alkyl halides is 2. The van der Waals surface area contributed by atoms with Gasteiger partial charge in [0.05, 0.1) is 12.2 Å². The quantitative estimate of drug-likeness (QED) is 0.632.